The van der Waals surface area contributed by atoms with Gasteiger partial charge in [-0.3, -0.25) is 4.79 Å². The highest BCUT2D eigenvalue weighted by Crippen LogP contribution is 2.22. The van der Waals surface area contributed by atoms with E-state index in [1.54, 1.807) is 0 Å². The summed E-state index contributed by atoms with van der Waals surface area (Å²) in [6, 6.07) is 17.5. The fourth-order valence-electron chi connectivity index (χ4n) is 2.52. The molecule has 0 bridgehead atoms. The van der Waals surface area contributed by atoms with Crippen LogP contribution < -0.4 is 5.56 Å². The normalized spacial score (nSPS) is 11.2. The molecule has 0 spiro atoms. The van der Waals surface area contributed by atoms with Crippen molar-refractivity contribution in [2.45, 2.75) is 6.42 Å². The molecule has 0 atom stereocenters. The van der Waals surface area contributed by atoms with Gasteiger partial charge in [-0.2, -0.15) is 0 Å². The van der Waals surface area contributed by atoms with Gasteiger partial charge < -0.3 is 9.40 Å². The van der Waals surface area contributed by atoms with Gasteiger partial charge in [0.2, 0.25) is 0 Å². The zero-order valence-corrected chi connectivity index (χ0v) is 11.2. The Morgan fingerprint density at radius 2 is 1.76 bits per heavy atom. The number of nitrogens with one attached hydrogen (secondary N) is 1. The summed E-state index contributed by atoms with van der Waals surface area (Å²) in [5.41, 5.74) is 2.56. The van der Waals surface area contributed by atoms with Crippen LogP contribution in [0.2, 0.25) is 0 Å². The number of oxazole rings is 1. The number of aromatic nitrogens is 2. The SMILES string of the molecule is O=c1[nH]c2ccccc2c2oc(Cc3ccccc3)nc12. The zero-order chi connectivity index (χ0) is 14.2. The van der Waals surface area contributed by atoms with Crippen LogP contribution in [0.5, 0.6) is 0 Å². The van der Waals surface area contributed by atoms with Crippen molar-refractivity contribution in [1.82, 2.24) is 9.97 Å². The zero-order valence-electron chi connectivity index (χ0n) is 11.2. The average Bonchev–Trinajstić information content (AvgIpc) is 2.93. The second kappa shape index (κ2) is 4.59. The lowest BCUT2D eigenvalue weighted by Crippen LogP contribution is -2.06. The van der Waals surface area contributed by atoms with Gasteiger partial charge >= 0.3 is 0 Å². The van der Waals surface area contributed by atoms with Crippen LogP contribution in [0.4, 0.5) is 0 Å². The summed E-state index contributed by atoms with van der Waals surface area (Å²) in [5.74, 6) is 0.554. The molecule has 1 N–H and O–H groups in total. The van der Waals surface area contributed by atoms with E-state index in [0.29, 0.717) is 23.4 Å². The number of nitrogens with zero attached hydrogens (tertiary/aromatic N) is 1. The van der Waals surface area contributed by atoms with Crippen LogP contribution in [0.1, 0.15) is 11.5 Å². The van der Waals surface area contributed by atoms with Crippen molar-refractivity contribution in [3.05, 3.63) is 76.4 Å². The van der Waals surface area contributed by atoms with E-state index in [9.17, 15) is 4.79 Å². The molecule has 2 aromatic heterocycles. The molecule has 21 heavy (non-hydrogen) atoms. The Bertz CT molecular complexity index is 984. The van der Waals surface area contributed by atoms with E-state index in [0.717, 1.165) is 16.5 Å². The van der Waals surface area contributed by atoms with Gasteiger partial charge in [0.05, 0.1) is 5.52 Å². The molecule has 0 aliphatic heterocycles. The quantitative estimate of drug-likeness (QED) is 0.611. The second-order valence-electron chi connectivity index (χ2n) is 4.95. The van der Waals surface area contributed by atoms with E-state index in [1.165, 1.54) is 0 Å². The van der Waals surface area contributed by atoms with Crippen LogP contribution in [-0.2, 0) is 6.42 Å². The highest BCUT2D eigenvalue weighted by Gasteiger charge is 2.13. The highest BCUT2D eigenvalue weighted by molar-refractivity contribution is 6.00. The summed E-state index contributed by atoms with van der Waals surface area (Å²) in [5, 5.41) is 0.874. The fourth-order valence-corrected chi connectivity index (χ4v) is 2.52. The number of aromatic amines is 1. The van der Waals surface area contributed by atoms with E-state index >= 15 is 0 Å². The molecule has 0 saturated heterocycles. The van der Waals surface area contributed by atoms with Gasteiger partial charge in [0.15, 0.2) is 17.0 Å². The third-order valence-electron chi connectivity index (χ3n) is 3.50. The number of rotatable bonds is 2. The largest absolute Gasteiger partial charge is 0.439 e. The number of benzene rings is 2. The first-order chi connectivity index (χ1) is 10.3. The molecule has 2 heterocycles. The van der Waals surface area contributed by atoms with Crippen molar-refractivity contribution < 1.29 is 4.42 Å². The number of hydrogen-bond acceptors (Lipinski definition) is 3. The number of H-pyrrole nitrogens is 1. The molecule has 4 nitrogen and oxygen atoms in total. The van der Waals surface area contributed by atoms with Gasteiger partial charge in [-0.15, -0.1) is 0 Å². The molecule has 0 aliphatic rings. The third-order valence-corrected chi connectivity index (χ3v) is 3.50. The first-order valence-electron chi connectivity index (χ1n) is 6.75. The van der Waals surface area contributed by atoms with Crippen LogP contribution >= 0.6 is 0 Å². The maximum absolute atomic E-state index is 12.1. The molecule has 4 rings (SSSR count). The van der Waals surface area contributed by atoms with Gasteiger partial charge in [0.1, 0.15) is 0 Å². The summed E-state index contributed by atoms with van der Waals surface area (Å²) in [4.78, 5) is 19.3. The number of hydrogen-bond donors (Lipinski definition) is 1. The Morgan fingerprint density at radius 1 is 1.00 bits per heavy atom. The summed E-state index contributed by atoms with van der Waals surface area (Å²) < 4.78 is 5.83. The molecule has 0 saturated carbocycles. The van der Waals surface area contributed by atoms with Crippen molar-refractivity contribution >= 4 is 22.0 Å². The molecule has 0 unspecified atom stereocenters. The molecule has 4 aromatic rings. The van der Waals surface area contributed by atoms with Crippen molar-refractivity contribution in [2.75, 3.05) is 0 Å². The molecule has 0 radical (unpaired) electrons. The highest BCUT2D eigenvalue weighted by atomic mass is 16.3. The summed E-state index contributed by atoms with van der Waals surface area (Å²) in [6.07, 6.45) is 0.573. The molecule has 2 aromatic carbocycles. The monoisotopic (exact) mass is 276 g/mol. The van der Waals surface area contributed by atoms with Crippen LogP contribution in [0.25, 0.3) is 22.0 Å². The second-order valence-corrected chi connectivity index (χ2v) is 4.95. The van der Waals surface area contributed by atoms with E-state index in [4.69, 9.17) is 4.42 Å². The number of fused-ring (bicyclic) bond motifs is 3. The van der Waals surface area contributed by atoms with E-state index in [-0.39, 0.29) is 5.56 Å². The summed E-state index contributed by atoms with van der Waals surface area (Å²) in [7, 11) is 0. The predicted molar refractivity (Wildman–Crippen MR) is 81.4 cm³/mol. The predicted octanol–water partition coefficient (Wildman–Crippen LogP) is 3.26. The fraction of sp³-hybridized carbons (Fsp3) is 0.0588. The molecule has 102 valence electrons. The molecule has 0 aliphatic carbocycles. The van der Waals surface area contributed by atoms with Gasteiger partial charge in [0.25, 0.3) is 5.56 Å². The molecule has 4 heteroatoms. The first-order valence-corrected chi connectivity index (χ1v) is 6.75. The topological polar surface area (TPSA) is 58.9 Å². The maximum Gasteiger partial charge on any atom is 0.278 e. The van der Waals surface area contributed by atoms with Crippen molar-refractivity contribution in [2.24, 2.45) is 0 Å². The number of pyridine rings is 1. The minimum absolute atomic E-state index is 0.216. The minimum Gasteiger partial charge on any atom is -0.439 e. The minimum atomic E-state index is -0.216. The van der Waals surface area contributed by atoms with Crippen molar-refractivity contribution in [3.8, 4) is 0 Å². The average molecular weight is 276 g/mol. The Labute approximate surface area is 120 Å². The van der Waals surface area contributed by atoms with Crippen molar-refractivity contribution in [3.63, 3.8) is 0 Å². The smallest absolute Gasteiger partial charge is 0.278 e. The number of para-hydroxylation sites is 1. The van der Waals surface area contributed by atoms with Crippen LogP contribution in [0.15, 0.2) is 63.8 Å². The van der Waals surface area contributed by atoms with Crippen LogP contribution in [0, 0.1) is 0 Å². The van der Waals surface area contributed by atoms with Crippen LogP contribution in [0.3, 0.4) is 0 Å². The molecular weight excluding hydrogens is 264 g/mol. The lowest BCUT2D eigenvalue weighted by molar-refractivity contribution is 0.546. The van der Waals surface area contributed by atoms with E-state index in [2.05, 4.69) is 9.97 Å². The lowest BCUT2D eigenvalue weighted by Gasteiger charge is -1.96. The maximum atomic E-state index is 12.1. The van der Waals surface area contributed by atoms with Gasteiger partial charge in [-0.1, -0.05) is 42.5 Å². The van der Waals surface area contributed by atoms with Crippen molar-refractivity contribution in [1.29, 1.82) is 0 Å². The Kier molecular flexibility index (Phi) is 2.60. The first kappa shape index (κ1) is 11.9. The molecule has 0 fully saturated rings. The third kappa shape index (κ3) is 2.01. The Balaban J connectivity index is 1.91. The summed E-state index contributed by atoms with van der Waals surface area (Å²) >= 11 is 0. The lowest BCUT2D eigenvalue weighted by atomic mass is 10.1. The van der Waals surface area contributed by atoms with E-state index < -0.39 is 0 Å². The standard InChI is InChI=1S/C17H12N2O2/c20-17-15-16(12-8-4-5-9-13(12)18-17)21-14(19-15)10-11-6-2-1-3-7-11/h1-9H,10H2,(H,18,20). The Hall–Kier alpha value is -2.88. The summed E-state index contributed by atoms with van der Waals surface area (Å²) in [6.45, 7) is 0. The van der Waals surface area contributed by atoms with E-state index in [1.807, 2.05) is 54.6 Å². The molecular formula is C17H12N2O2. The van der Waals surface area contributed by atoms with Gasteiger partial charge in [0, 0.05) is 11.8 Å². The van der Waals surface area contributed by atoms with Gasteiger partial charge in [-0.05, 0) is 17.7 Å². The van der Waals surface area contributed by atoms with Gasteiger partial charge in [-0.25, -0.2) is 4.98 Å². The Morgan fingerprint density at radius 3 is 2.62 bits per heavy atom. The van der Waals surface area contributed by atoms with Crippen LogP contribution in [-0.4, -0.2) is 9.97 Å². The molecule has 0 amide bonds.